The molecule has 0 aromatic heterocycles. The van der Waals surface area contributed by atoms with Gasteiger partial charge >= 0.3 is 0 Å². The Morgan fingerprint density at radius 3 is 2.47 bits per heavy atom. The third-order valence-electron chi connectivity index (χ3n) is 3.01. The van der Waals surface area contributed by atoms with Crippen molar-refractivity contribution in [1.29, 1.82) is 0 Å². The summed E-state index contributed by atoms with van der Waals surface area (Å²) >= 11 is 0. The van der Waals surface area contributed by atoms with Crippen molar-refractivity contribution in [2.75, 3.05) is 27.7 Å². The molecule has 1 unspecified atom stereocenters. The highest BCUT2D eigenvalue weighted by molar-refractivity contribution is 5.69. The van der Waals surface area contributed by atoms with Crippen molar-refractivity contribution in [1.82, 2.24) is 0 Å². The Hall–Kier alpha value is -1.32. The number of nitrogens with two attached hydrogens (primary N) is 1. The number of aromatic hydroxyl groups is 1. The van der Waals surface area contributed by atoms with Crippen molar-refractivity contribution in [3.8, 4) is 5.75 Å². The highest BCUT2D eigenvalue weighted by Gasteiger charge is 2.26. The molecule has 0 bridgehead atoms. The molecule has 94 valence electrons. The zero-order valence-electron chi connectivity index (χ0n) is 11.1. The Bertz CT molecular complexity index is 405. The SMILES string of the molecule is CC=C(c1cccc(O)c1)C(CN)[N+](C)(C)C. The summed E-state index contributed by atoms with van der Waals surface area (Å²) in [7, 11) is 6.39. The van der Waals surface area contributed by atoms with Crippen molar-refractivity contribution in [2.45, 2.75) is 13.0 Å². The molecule has 1 aromatic rings. The molecule has 1 aromatic carbocycles. The Kier molecular flexibility index (Phi) is 4.32. The zero-order valence-corrected chi connectivity index (χ0v) is 11.1. The van der Waals surface area contributed by atoms with Crippen LogP contribution < -0.4 is 5.73 Å². The van der Waals surface area contributed by atoms with Gasteiger partial charge in [-0.25, -0.2) is 0 Å². The van der Waals surface area contributed by atoms with Gasteiger partial charge in [0.15, 0.2) is 0 Å². The van der Waals surface area contributed by atoms with Gasteiger partial charge in [0.05, 0.1) is 21.1 Å². The summed E-state index contributed by atoms with van der Waals surface area (Å²) in [6.07, 6.45) is 2.08. The zero-order chi connectivity index (χ0) is 13.1. The predicted octanol–water partition coefficient (Wildman–Crippen LogP) is 1.83. The number of nitrogens with zero attached hydrogens (tertiary/aromatic N) is 1. The van der Waals surface area contributed by atoms with Crippen LogP contribution in [-0.4, -0.2) is 43.3 Å². The Labute approximate surface area is 104 Å². The standard InChI is InChI=1S/C14H22N2O/c1-5-13(14(10-15)16(2,3)4)11-7-6-8-12(17)9-11/h5-9,14H,10,15H2,1-4H3/p+1. The van der Waals surface area contributed by atoms with E-state index in [4.69, 9.17) is 5.73 Å². The molecule has 0 spiro atoms. The van der Waals surface area contributed by atoms with E-state index in [2.05, 4.69) is 27.2 Å². The van der Waals surface area contributed by atoms with Gasteiger partial charge in [0.2, 0.25) is 0 Å². The molecule has 1 atom stereocenters. The van der Waals surface area contributed by atoms with Crippen LogP contribution in [0, 0.1) is 0 Å². The van der Waals surface area contributed by atoms with Gasteiger partial charge in [-0.3, -0.25) is 0 Å². The van der Waals surface area contributed by atoms with Gasteiger partial charge in [-0.05, 0) is 24.6 Å². The second kappa shape index (κ2) is 5.34. The van der Waals surface area contributed by atoms with Gasteiger partial charge < -0.3 is 15.3 Å². The normalized spacial score (nSPS) is 14.8. The lowest BCUT2D eigenvalue weighted by Gasteiger charge is -2.35. The second-order valence-corrected chi connectivity index (χ2v) is 5.16. The van der Waals surface area contributed by atoms with Crippen molar-refractivity contribution < 1.29 is 9.59 Å². The topological polar surface area (TPSA) is 46.2 Å². The average Bonchev–Trinajstić information content (AvgIpc) is 2.23. The van der Waals surface area contributed by atoms with Gasteiger partial charge in [-0.2, -0.15) is 0 Å². The summed E-state index contributed by atoms with van der Waals surface area (Å²) in [4.78, 5) is 0. The van der Waals surface area contributed by atoms with Crippen LogP contribution in [0.4, 0.5) is 0 Å². The minimum Gasteiger partial charge on any atom is -0.508 e. The summed E-state index contributed by atoms with van der Waals surface area (Å²) in [5, 5.41) is 9.55. The number of phenols is 1. The van der Waals surface area contributed by atoms with E-state index < -0.39 is 0 Å². The van der Waals surface area contributed by atoms with Crippen LogP contribution in [0.15, 0.2) is 30.3 Å². The number of likely N-dealkylation sites (N-methyl/N-ethyl adjacent to an activating group) is 1. The first-order chi connectivity index (χ1) is 7.90. The molecule has 3 N–H and O–H groups in total. The largest absolute Gasteiger partial charge is 0.508 e. The van der Waals surface area contributed by atoms with Crippen molar-refractivity contribution in [3.05, 3.63) is 35.9 Å². The first-order valence-corrected chi connectivity index (χ1v) is 5.87. The lowest BCUT2D eigenvalue weighted by Crippen LogP contribution is -2.49. The van der Waals surface area contributed by atoms with Crippen LogP contribution in [0.5, 0.6) is 5.75 Å². The van der Waals surface area contributed by atoms with Crippen molar-refractivity contribution in [2.24, 2.45) is 5.73 Å². The summed E-state index contributed by atoms with van der Waals surface area (Å²) in [6.45, 7) is 2.59. The van der Waals surface area contributed by atoms with E-state index in [1.54, 1.807) is 12.1 Å². The molecule has 0 aliphatic rings. The van der Waals surface area contributed by atoms with Gasteiger partial charge in [0.1, 0.15) is 11.8 Å². The Balaban J connectivity index is 3.16. The fourth-order valence-electron chi connectivity index (χ4n) is 2.10. The maximum absolute atomic E-state index is 9.55. The predicted molar refractivity (Wildman–Crippen MR) is 72.6 cm³/mol. The smallest absolute Gasteiger partial charge is 0.127 e. The van der Waals surface area contributed by atoms with E-state index >= 15 is 0 Å². The molecule has 0 saturated carbocycles. The summed E-state index contributed by atoms with van der Waals surface area (Å²) in [6, 6.07) is 7.56. The lowest BCUT2D eigenvalue weighted by atomic mass is 9.96. The van der Waals surface area contributed by atoms with Crippen molar-refractivity contribution in [3.63, 3.8) is 0 Å². The molecule has 0 aliphatic carbocycles. The van der Waals surface area contributed by atoms with E-state index in [-0.39, 0.29) is 6.04 Å². The summed E-state index contributed by atoms with van der Waals surface area (Å²) in [5.41, 5.74) is 8.11. The van der Waals surface area contributed by atoms with E-state index in [0.29, 0.717) is 12.3 Å². The fourth-order valence-corrected chi connectivity index (χ4v) is 2.10. The Morgan fingerprint density at radius 1 is 1.41 bits per heavy atom. The quantitative estimate of drug-likeness (QED) is 0.782. The molecule has 1 rings (SSSR count). The minimum atomic E-state index is 0.224. The summed E-state index contributed by atoms with van der Waals surface area (Å²) in [5.74, 6) is 0.291. The van der Waals surface area contributed by atoms with E-state index in [1.165, 1.54) is 5.57 Å². The van der Waals surface area contributed by atoms with Gasteiger partial charge in [-0.15, -0.1) is 0 Å². The number of rotatable bonds is 4. The molecule has 0 fully saturated rings. The third kappa shape index (κ3) is 3.32. The van der Waals surface area contributed by atoms with Crippen LogP contribution in [0.1, 0.15) is 12.5 Å². The molecular weight excluding hydrogens is 212 g/mol. The number of hydrogen-bond donors (Lipinski definition) is 2. The number of quaternary nitrogens is 1. The molecule has 3 heteroatoms. The van der Waals surface area contributed by atoms with Gasteiger partial charge in [0.25, 0.3) is 0 Å². The van der Waals surface area contributed by atoms with E-state index in [0.717, 1.165) is 10.0 Å². The van der Waals surface area contributed by atoms with Gasteiger partial charge in [-0.1, -0.05) is 18.2 Å². The van der Waals surface area contributed by atoms with Crippen LogP contribution in [0.25, 0.3) is 5.57 Å². The third-order valence-corrected chi connectivity index (χ3v) is 3.01. The highest BCUT2D eigenvalue weighted by atomic mass is 16.3. The molecule has 0 aliphatic heterocycles. The molecule has 0 radical (unpaired) electrons. The first kappa shape index (κ1) is 13.7. The molecular formula is C14H23N2O+. The monoisotopic (exact) mass is 235 g/mol. The number of benzene rings is 1. The molecule has 0 heterocycles. The van der Waals surface area contributed by atoms with E-state index in [9.17, 15) is 5.11 Å². The first-order valence-electron chi connectivity index (χ1n) is 5.87. The second-order valence-electron chi connectivity index (χ2n) is 5.16. The van der Waals surface area contributed by atoms with Crippen molar-refractivity contribution >= 4 is 5.57 Å². The summed E-state index contributed by atoms with van der Waals surface area (Å²) < 4.78 is 0.770. The van der Waals surface area contributed by atoms with Crippen LogP contribution in [-0.2, 0) is 0 Å². The number of allylic oxidation sites excluding steroid dienone is 1. The fraction of sp³-hybridized carbons (Fsp3) is 0.429. The van der Waals surface area contributed by atoms with Crippen LogP contribution in [0.3, 0.4) is 0 Å². The number of hydrogen-bond acceptors (Lipinski definition) is 2. The minimum absolute atomic E-state index is 0.224. The van der Waals surface area contributed by atoms with E-state index in [1.807, 2.05) is 19.1 Å². The molecule has 3 nitrogen and oxygen atoms in total. The maximum Gasteiger partial charge on any atom is 0.127 e. The molecule has 0 saturated heterocycles. The number of phenolic OH excluding ortho intramolecular Hbond substituents is 1. The lowest BCUT2D eigenvalue weighted by molar-refractivity contribution is -0.885. The van der Waals surface area contributed by atoms with Crippen LogP contribution >= 0.6 is 0 Å². The maximum atomic E-state index is 9.55. The molecule has 17 heavy (non-hydrogen) atoms. The Morgan fingerprint density at radius 2 is 2.06 bits per heavy atom. The van der Waals surface area contributed by atoms with Crippen LogP contribution in [0.2, 0.25) is 0 Å². The highest BCUT2D eigenvalue weighted by Crippen LogP contribution is 2.26. The van der Waals surface area contributed by atoms with Gasteiger partial charge in [0, 0.05) is 12.1 Å². The average molecular weight is 235 g/mol. The molecule has 0 amide bonds.